The number of hydrogen-bond donors (Lipinski definition) is 0. The molecule has 0 aliphatic heterocycles. The maximum atomic E-state index is 6.98. The molecule has 146 heavy (non-hydrogen) atoms. The number of aromatic nitrogens is 2. The van der Waals surface area contributed by atoms with Gasteiger partial charge in [-0.05, 0) is 221 Å². The monoisotopic (exact) mass is 1910 g/mol. The highest BCUT2D eigenvalue weighted by atomic mass is 32.1. The average Bonchev–Trinajstić information content (AvgIpc) is 1.55. The maximum absolute atomic E-state index is 6.98. The topological polar surface area (TPSA) is 72.1 Å². The van der Waals surface area contributed by atoms with Crippen LogP contribution in [0.3, 0.4) is 0 Å². The van der Waals surface area contributed by atoms with Crippen molar-refractivity contribution < 1.29 is 17.7 Å². The molecule has 0 unspecified atom stereocenters. The predicted octanol–water partition coefficient (Wildman–Crippen LogP) is 39.6. The van der Waals surface area contributed by atoms with Crippen LogP contribution in [-0.4, -0.2) is 9.13 Å². The molecule has 688 valence electrons. The second-order valence-electron chi connectivity index (χ2n) is 38.3. The molecule has 0 spiro atoms. The number of thiophene rings is 2. The van der Waals surface area contributed by atoms with Crippen LogP contribution >= 0.6 is 22.7 Å². The van der Waals surface area contributed by atoms with Crippen molar-refractivity contribution in [2.24, 2.45) is 0 Å². The van der Waals surface area contributed by atoms with Gasteiger partial charge in [0.15, 0.2) is 0 Å². The highest BCUT2D eigenvalue weighted by Gasteiger charge is 2.39. The number of anilines is 9. The van der Waals surface area contributed by atoms with Crippen LogP contribution in [0.5, 0.6) is 0 Å². The number of rotatable bonds is 13. The Labute approximate surface area is 847 Å². The van der Waals surface area contributed by atoms with Gasteiger partial charge in [-0.25, -0.2) is 0 Å². The van der Waals surface area contributed by atoms with Crippen molar-refractivity contribution in [1.82, 2.24) is 9.13 Å². The van der Waals surface area contributed by atoms with Crippen LogP contribution in [-0.2, 0) is 5.41 Å². The fraction of sp³-hybridized carbons (Fsp3) is 0.0222. The second-order valence-corrected chi connectivity index (χ2v) is 40.4. The van der Waals surface area contributed by atoms with Gasteiger partial charge in [-0.1, -0.05) is 317 Å². The Morgan fingerprint density at radius 3 is 1.18 bits per heavy atom. The summed E-state index contributed by atoms with van der Waals surface area (Å²) in [5, 5.41) is 18.7. The van der Waals surface area contributed by atoms with Crippen molar-refractivity contribution >= 4 is 246 Å². The summed E-state index contributed by atoms with van der Waals surface area (Å²) in [5.41, 5.74) is 33.6. The number of furan rings is 4. The van der Waals surface area contributed by atoms with Gasteiger partial charge >= 0.3 is 0 Å². The molecule has 8 aromatic heterocycles. The fourth-order valence-corrected chi connectivity index (χ4v) is 25.7. The van der Waals surface area contributed by atoms with Gasteiger partial charge in [0.05, 0.1) is 82.4 Å². The zero-order valence-corrected chi connectivity index (χ0v) is 81.1. The number of fused-ring (bicyclic) bond motifs is 27. The molecule has 0 N–H and O–H groups in total. The Morgan fingerprint density at radius 1 is 0.212 bits per heavy atom. The van der Waals surface area contributed by atoms with Crippen LogP contribution in [0.4, 0.5) is 51.2 Å². The van der Waals surface area contributed by atoms with Crippen molar-refractivity contribution in [3.63, 3.8) is 0 Å². The molecule has 8 heterocycles. The molecular weight excluding hydrogens is 1820 g/mol. The molecule has 0 fully saturated rings. The molecule has 0 bridgehead atoms. The number of nitrogens with zero attached hydrogens (tertiary/aromatic N) is 5. The SMILES string of the molecule is CC1(C)c2ccccc2-c2c(N(c3cccc4oc5ccccc5c34)c3cccc4oc5ccccc5c34)cccc21.c1ccc(-c2ccc(N(c3ccc4c(c3)c3ccccc3n4-c3ccccc3)c3cccc4c3sc3ccccc34)cc2)cc1.c1ccc(-n2c3ccccc3c3cc(-c4cccc5c4oc4cccc(N(c6ccc7sc8ccccc8c7c6)c6cccc7oc8ccccc8c67)c45)ccc32)cc1. The largest absolute Gasteiger partial charge is 0.456 e. The molecule has 30 aromatic rings. The second kappa shape index (κ2) is 33.9. The Hall–Kier alpha value is -18.5. The average molecular weight is 1910 g/mol. The molecule has 9 nitrogen and oxygen atoms in total. The fourth-order valence-electron chi connectivity index (χ4n) is 23.4. The van der Waals surface area contributed by atoms with Crippen LogP contribution in [0.2, 0.25) is 0 Å². The number of para-hydroxylation sites is 8. The molecule has 0 amide bonds. The minimum absolute atomic E-state index is 0.115. The number of benzene rings is 22. The summed E-state index contributed by atoms with van der Waals surface area (Å²) in [6.07, 6.45) is 0. The van der Waals surface area contributed by atoms with E-state index in [9.17, 15) is 0 Å². The summed E-state index contributed by atoms with van der Waals surface area (Å²) in [7, 11) is 0. The lowest BCUT2D eigenvalue weighted by molar-refractivity contribution is 0.660. The molecule has 0 saturated heterocycles. The summed E-state index contributed by atoms with van der Waals surface area (Å²) in [6.45, 7) is 4.67. The molecule has 0 atom stereocenters. The van der Waals surface area contributed by atoms with E-state index in [1.807, 2.05) is 53.0 Å². The molecule has 0 radical (unpaired) electrons. The standard InChI is InChI=1S/C54H32N2O2S.C42H28N2S.C39H27NO2/c1-2-13-34(14-3-1)55-43-20-7-4-15-37(43)41-31-33(27-29-44(41)55)36-18-10-19-40-53-46(22-12-25-49(53)58-54(36)40)56(35-28-30-51-42(32-35)38-16-6-9-26-50(38)59-51)45-21-11-24-48-52(45)39-17-5-8-23-47(39)57-48;1-3-12-29(13-4-1)30-22-24-32(25-23-30)43(40-20-11-18-36-35-17-8-10-21-41(35)45-42(36)40)33-26-27-39-37(28-33)34-16-7-9-19-38(34)44(39)31-14-5-2-6-15-31;1-39(2)27-15-6-3-12-24(27)36-28(39)16-9-17-29(36)40(30-18-10-22-34-37(30)25-13-4-7-20-32(25)41-34)31-19-11-23-35-38(31)26-14-5-8-21-33(26)42-35/h1-32H;1-28H;3-23H,1-2H3. The van der Waals surface area contributed by atoms with Crippen LogP contribution < -0.4 is 14.7 Å². The van der Waals surface area contributed by atoms with E-state index >= 15 is 0 Å². The van der Waals surface area contributed by atoms with E-state index in [1.54, 1.807) is 0 Å². The van der Waals surface area contributed by atoms with Crippen LogP contribution in [0.25, 0.3) is 216 Å². The Balaban J connectivity index is 0.000000106. The summed E-state index contributed by atoms with van der Waals surface area (Å²) >= 11 is 3.70. The van der Waals surface area contributed by atoms with Gasteiger partial charge < -0.3 is 41.5 Å². The first-order valence-corrected chi connectivity index (χ1v) is 51.3. The van der Waals surface area contributed by atoms with E-state index in [-0.39, 0.29) is 5.41 Å². The smallest absolute Gasteiger partial charge is 0.143 e. The normalized spacial score (nSPS) is 12.4. The van der Waals surface area contributed by atoms with E-state index in [4.69, 9.17) is 17.7 Å². The van der Waals surface area contributed by atoms with Crippen LogP contribution in [0.15, 0.2) is 509 Å². The third kappa shape index (κ3) is 13.4. The van der Waals surface area contributed by atoms with Crippen LogP contribution in [0.1, 0.15) is 25.0 Å². The van der Waals surface area contributed by atoms with E-state index in [0.717, 1.165) is 150 Å². The highest BCUT2D eigenvalue weighted by molar-refractivity contribution is 7.26. The van der Waals surface area contributed by atoms with Gasteiger partial charge in [-0.2, -0.15) is 0 Å². The first-order valence-electron chi connectivity index (χ1n) is 49.6. The summed E-state index contributed by atoms with van der Waals surface area (Å²) in [4.78, 5) is 7.27. The molecule has 1 aliphatic rings. The Bertz CT molecular complexity index is 10400. The lowest BCUT2D eigenvalue weighted by Crippen LogP contribution is -2.16. The molecule has 0 saturated carbocycles. The minimum atomic E-state index is -0.115. The summed E-state index contributed by atoms with van der Waals surface area (Å²) < 4.78 is 36.1. The third-order valence-electron chi connectivity index (χ3n) is 29.8. The van der Waals surface area contributed by atoms with Gasteiger partial charge in [-0.15, -0.1) is 22.7 Å². The van der Waals surface area contributed by atoms with Crippen molar-refractivity contribution in [1.29, 1.82) is 0 Å². The van der Waals surface area contributed by atoms with E-state index < -0.39 is 0 Å². The third-order valence-corrected chi connectivity index (χ3v) is 32.2. The molecule has 11 heteroatoms. The van der Waals surface area contributed by atoms with Crippen molar-refractivity contribution in [3.8, 4) is 44.8 Å². The zero-order valence-electron chi connectivity index (χ0n) is 79.5. The molecular formula is C135H87N5O4S2. The minimum Gasteiger partial charge on any atom is -0.456 e. The molecule has 31 rings (SSSR count). The highest BCUT2D eigenvalue weighted by Crippen LogP contribution is 2.59. The predicted molar refractivity (Wildman–Crippen MR) is 615 cm³/mol. The van der Waals surface area contributed by atoms with Gasteiger partial charge in [0.2, 0.25) is 0 Å². The van der Waals surface area contributed by atoms with Gasteiger partial charge in [0.1, 0.15) is 44.7 Å². The quantitative estimate of drug-likeness (QED) is 0.114. The Kier molecular flexibility index (Phi) is 19.6. The van der Waals surface area contributed by atoms with E-state index in [2.05, 4.69) is 499 Å². The summed E-state index contributed by atoms with van der Waals surface area (Å²) in [6, 6.07) is 176. The Morgan fingerprint density at radius 2 is 0.582 bits per heavy atom. The van der Waals surface area contributed by atoms with Crippen molar-refractivity contribution in [3.05, 3.63) is 503 Å². The van der Waals surface area contributed by atoms with Crippen LogP contribution in [0, 0.1) is 0 Å². The van der Waals surface area contributed by atoms with Crippen molar-refractivity contribution in [2.75, 3.05) is 14.7 Å². The van der Waals surface area contributed by atoms with Gasteiger partial charge in [-0.3, -0.25) is 0 Å². The lowest BCUT2D eigenvalue weighted by Gasteiger charge is -2.30. The van der Waals surface area contributed by atoms with Gasteiger partial charge in [0.25, 0.3) is 0 Å². The molecule has 22 aromatic carbocycles. The summed E-state index contributed by atoms with van der Waals surface area (Å²) in [5.74, 6) is 0. The van der Waals surface area contributed by atoms with Gasteiger partial charge in [0, 0.05) is 124 Å². The first-order chi connectivity index (χ1) is 72.2. The molecule has 1 aliphatic carbocycles. The van der Waals surface area contributed by atoms with Crippen molar-refractivity contribution in [2.45, 2.75) is 19.3 Å². The van der Waals surface area contributed by atoms with E-state index in [1.165, 1.54) is 129 Å². The lowest BCUT2D eigenvalue weighted by atomic mass is 9.82. The maximum Gasteiger partial charge on any atom is 0.143 e. The number of hydrogen-bond acceptors (Lipinski definition) is 9. The first kappa shape index (κ1) is 84.4. The zero-order chi connectivity index (χ0) is 96.3. The van der Waals surface area contributed by atoms with E-state index in [0.29, 0.717) is 0 Å².